The van der Waals surface area contributed by atoms with E-state index in [1.165, 1.54) is 16.8 Å². The molecule has 3 nitrogen and oxygen atoms in total. The summed E-state index contributed by atoms with van der Waals surface area (Å²) in [5.74, 6) is 0.506. The van der Waals surface area contributed by atoms with Gasteiger partial charge in [-0.3, -0.25) is 4.98 Å². The van der Waals surface area contributed by atoms with Crippen molar-refractivity contribution in [3.05, 3.63) is 53.6 Å². The molecule has 2 heterocycles. The van der Waals surface area contributed by atoms with Crippen molar-refractivity contribution in [1.82, 2.24) is 9.55 Å². The number of aliphatic hydroxyl groups is 1. The number of rotatable bonds is 5. The monoisotopic (exact) mass is 258 g/mol. The van der Waals surface area contributed by atoms with Gasteiger partial charge in [-0.25, -0.2) is 0 Å². The number of aromatic nitrogens is 2. The Morgan fingerprint density at radius 2 is 1.89 bits per heavy atom. The molecule has 0 saturated heterocycles. The number of nitrogens with zero attached hydrogens (tertiary/aromatic N) is 2. The van der Waals surface area contributed by atoms with Gasteiger partial charge in [0.15, 0.2) is 0 Å². The normalized spacial score (nSPS) is 12.9. The molecule has 0 fully saturated rings. The molecule has 0 saturated carbocycles. The minimum absolute atomic E-state index is 0.314. The average Bonchev–Trinajstić information content (AvgIpc) is 2.73. The third kappa shape index (κ3) is 3.67. The van der Waals surface area contributed by atoms with Crippen LogP contribution in [0.2, 0.25) is 0 Å². The molecule has 0 aromatic carbocycles. The number of pyridine rings is 1. The van der Waals surface area contributed by atoms with Crippen LogP contribution in [0.3, 0.4) is 0 Å². The topological polar surface area (TPSA) is 38.0 Å². The van der Waals surface area contributed by atoms with Crippen LogP contribution in [-0.4, -0.2) is 20.8 Å². The smallest absolute Gasteiger partial charge is 0.0566 e. The van der Waals surface area contributed by atoms with Crippen LogP contribution >= 0.6 is 0 Å². The zero-order chi connectivity index (χ0) is 13.8. The van der Waals surface area contributed by atoms with Crippen molar-refractivity contribution in [2.24, 2.45) is 0 Å². The molecule has 0 aliphatic carbocycles. The van der Waals surface area contributed by atoms with Gasteiger partial charge >= 0.3 is 0 Å². The van der Waals surface area contributed by atoms with Gasteiger partial charge in [-0.2, -0.15) is 0 Å². The van der Waals surface area contributed by atoms with Crippen molar-refractivity contribution in [1.29, 1.82) is 0 Å². The van der Waals surface area contributed by atoms with Crippen molar-refractivity contribution in [2.45, 2.75) is 45.8 Å². The van der Waals surface area contributed by atoms with E-state index < -0.39 is 0 Å². The second kappa shape index (κ2) is 6.02. The summed E-state index contributed by atoms with van der Waals surface area (Å²) in [4.78, 5) is 4.04. The molecule has 0 amide bonds. The van der Waals surface area contributed by atoms with Crippen LogP contribution in [-0.2, 0) is 13.0 Å². The molecule has 1 N–H and O–H groups in total. The summed E-state index contributed by atoms with van der Waals surface area (Å²) in [6.45, 7) is 7.05. The predicted molar refractivity (Wildman–Crippen MR) is 77.2 cm³/mol. The fourth-order valence-electron chi connectivity index (χ4n) is 2.20. The standard InChI is InChI=1S/C16H22N2O/c1-12(2)15-9-16(8-13(3)19)18(11-15)10-14-4-6-17-7-5-14/h4-7,9,11-13,19H,8,10H2,1-3H3. The Hall–Kier alpha value is -1.61. The number of aliphatic hydroxyl groups excluding tert-OH is 1. The largest absolute Gasteiger partial charge is 0.393 e. The first-order valence-electron chi connectivity index (χ1n) is 6.82. The van der Waals surface area contributed by atoms with Gasteiger partial charge in [0.05, 0.1) is 6.10 Å². The first kappa shape index (κ1) is 13.8. The minimum atomic E-state index is -0.314. The highest BCUT2D eigenvalue weighted by molar-refractivity contribution is 5.24. The lowest BCUT2D eigenvalue weighted by Crippen LogP contribution is -2.10. The van der Waals surface area contributed by atoms with Crippen LogP contribution in [0.5, 0.6) is 0 Å². The summed E-state index contributed by atoms with van der Waals surface area (Å²) in [5, 5.41) is 9.62. The molecule has 0 radical (unpaired) electrons. The Kier molecular flexibility index (Phi) is 4.38. The van der Waals surface area contributed by atoms with E-state index >= 15 is 0 Å². The van der Waals surface area contributed by atoms with Crippen LogP contribution < -0.4 is 0 Å². The minimum Gasteiger partial charge on any atom is -0.393 e. The highest BCUT2D eigenvalue weighted by atomic mass is 16.3. The fraction of sp³-hybridized carbons (Fsp3) is 0.438. The third-order valence-corrected chi connectivity index (χ3v) is 3.28. The molecule has 102 valence electrons. The second-order valence-electron chi connectivity index (χ2n) is 5.46. The highest BCUT2D eigenvalue weighted by Gasteiger charge is 2.11. The molecule has 2 rings (SSSR count). The lowest BCUT2D eigenvalue weighted by Gasteiger charge is -2.10. The van der Waals surface area contributed by atoms with Crippen molar-refractivity contribution in [2.75, 3.05) is 0 Å². The fourth-order valence-corrected chi connectivity index (χ4v) is 2.20. The first-order valence-corrected chi connectivity index (χ1v) is 6.82. The van der Waals surface area contributed by atoms with E-state index in [1.54, 1.807) is 0 Å². The Bertz CT molecular complexity index is 515. The van der Waals surface area contributed by atoms with Crippen LogP contribution in [0, 0.1) is 0 Å². The van der Waals surface area contributed by atoms with Crippen LogP contribution in [0.25, 0.3) is 0 Å². The van der Waals surface area contributed by atoms with E-state index in [9.17, 15) is 5.11 Å². The van der Waals surface area contributed by atoms with Crippen LogP contribution in [0.15, 0.2) is 36.8 Å². The lowest BCUT2D eigenvalue weighted by molar-refractivity contribution is 0.193. The van der Waals surface area contributed by atoms with Gasteiger partial charge in [-0.15, -0.1) is 0 Å². The summed E-state index contributed by atoms with van der Waals surface area (Å²) in [7, 11) is 0. The maximum Gasteiger partial charge on any atom is 0.0566 e. The van der Waals surface area contributed by atoms with E-state index in [0.717, 1.165) is 6.54 Å². The second-order valence-corrected chi connectivity index (χ2v) is 5.46. The van der Waals surface area contributed by atoms with Crippen LogP contribution in [0.4, 0.5) is 0 Å². The summed E-state index contributed by atoms with van der Waals surface area (Å²) in [6.07, 6.45) is 6.21. The SMILES string of the molecule is CC(O)Cc1cc(C(C)C)cn1Cc1ccncc1. The highest BCUT2D eigenvalue weighted by Crippen LogP contribution is 2.20. The van der Waals surface area contributed by atoms with Crippen molar-refractivity contribution in [3.63, 3.8) is 0 Å². The number of hydrogen-bond donors (Lipinski definition) is 1. The molecule has 2 aromatic rings. The quantitative estimate of drug-likeness (QED) is 0.895. The third-order valence-electron chi connectivity index (χ3n) is 3.28. The van der Waals surface area contributed by atoms with E-state index in [4.69, 9.17) is 0 Å². The van der Waals surface area contributed by atoms with Crippen molar-refractivity contribution in [3.8, 4) is 0 Å². The van der Waals surface area contributed by atoms with Gasteiger partial charge in [-0.05, 0) is 42.2 Å². The van der Waals surface area contributed by atoms with Gasteiger partial charge in [-0.1, -0.05) is 13.8 Å². The predicted octanol–water partition coefficient (Wildman–Crippen LogP) is 2.98. The summed E-state index contributed by atoms with van der Waals surface area (Å²) in [5.41, 5.74) is 3.74. The van der Waals surface area contributed by atoms with Crippen molar-refractivity contribution < 1.29 is 5.11 Å². The Balaban J connectivity index is 2.26. The molecule has 0 spiro atoms. The molecule has 0 aliphatic rings. The molecule has 19 heavy (non-hydrogen) atoms. The molecule has 0 bridgehead atoms. The molecular formula is C16H22N2O. The van der Waals surface area contributed by atoms with Gasteiger partial charge in [0, 0.05) is 37.3 Å². The Labute approximate surface area is 114 Å². The molecule has 0 aliphatic heterocycles. The molecule has 2 aromatic heterocycles. The Morgan fingerprint density at radius 1 is 1.21 bits per heavy atom. The van der Waals surface area contributed by atoms with Crippen LogP contribution in [0.1, 0.15) is 43.5 Å². The van der Waals surface area contributed by atoms with Gasteiger partial charge in [0.2, 0.25) is 0 Å². The maximum atomic E-state index is 9.62. The molecule has 1 unspecified atom stereocenters. The molecular weight excluding hydrogens is 236 g/mol. The average molecular weight is 258 g/mol. The van der Waals surface area contributed by atoms with E-state index in [-0.39, 0.29) is 6.10 Å². The van der Waals surface area contributed by atoms with E-state index in [1.807, 2.05) is 31.5 Å². The van der Waals surface area contributed by atoms with Crippen molar-refractivity contribution >= 4 is 0 Å². The summed E-state index contributed by atoms with van der Waals surface area (Å²) in [6, 6.07) is 6.26. The molecule has 1 atom stereocenters. The lowest BCUT2D eigenvalue weighted by atomic mass is 10.1. The van der Waals surface area contributed by atoms with E-state index in [0.29, 0.717) is 12.3 Å². The first-order chi connectivity index (χ1) is 9.06. The summed E-state index contributed by atoms with van der Waals surface area (Å²) < 4.78 is 2.23. The molecule has 3 heteroatoms. The van der Waals surface area contributed by atoms with Gasteiger partial charge in [0.1, 0.15) is 0 Å². The van der Waals surface area contributed by atoms with E-state index in [2.05, 4.69) is 35.7 Å². The Morgan fingerprint density at radius 3 is 2.47 bits per heavy atom. The summed E-state index contributed by atoms with van der Waals surface area (Å²) >= 11 is 0. The zero-order valence-corrected chi connectivity index (χ0v) is 11.9. The van der Waals surface area contributed by atoms with Gasteiger partial charge in [0.25, 0.3) is 0 Å². The maximum absolute atomic E-state index is 9.62. The van der Waals surface area contributed by atoms with Gasteiger partial charge < -0.3 is 9.67 Å². The number of hydrogen-bond acceptors (Lipinski definition) is 2. The zero-order valence-electron chi connectivity index (χ0n) is 11.9.